The molecule has 22 heavy (non-hydrogen) atoms. The summed E-state index contributed by atoms with van der Waals surface area (Å²) in [7, 11) is 0. The molecule has 0 amide bonds. The van der Waals surface area contributed by atoms with E-state index < -0.39 is 28.7 Å². The summed E-state index contributed by atoms with van der Waals surface area (Å²) in [6.07, 6.45) is 3.61. The standard InChI is InChI=1S/C16H22O6/c17-12(18)6-15-4-9-1-10(5-15)3-11(2-9)16(15,7-13(19)20)8-14(21)22/h9-11H,1-8H2,(H,17,18)(H,19,20)(H,21,22). The summed E-state index contributed by atoms with van der Waals surface area (Å²) < 4.78 is 0. The predicted octanol–water partition coefficient (Wildman–Crippen LogP) is 2.22. The minimum Gasteiger partial charge on any atom is -0.481 e. The molecule has 0 aromatic heterocycles. The van der Waals surface area contributed by atoms with E-state index in [0.29, 0.717) is 24.7 Å². The zero-order valence-electron chi connectivity index (χ0n) is 12.5. The lowest BCUT2D eigenvalue weighted by Gasteiger charge is -2.67. The van der Waals surface area contributed by atoms with E-state index in [9.17, 15) is 29.7 Å². The average Bonchev–Trinajstić information content (AvgIpc) is 2.32. The highest BCUT2D eigenvalue weighted by Gasteiger charge is 2.66. The van der Waals surface area contributed by atoms with Crippen molar-refractivity contribution in [2.75, 3.05) is 0 Å². The molecule has 4 aliphatic rings. The molecule has 4 bridgehead atoms. The van der Waals surface area contributed by atoms with Crippen LogP contribution in [0, 0.1) is 28.6 Å². The summed E-state index contributed by atoms with van der Waals surface area (Å²) in [6.45, 7) is 0. The van der Waals surface area contributed by atoms with Crippen LogP contribution in [0.2, 0.25) is 0 Å². The lowest BCUT2D eigenvalue weighted by molar-refractivity contribution is -0.205. The van der Waals surface area contributed by atoms with Crippen molar-refractivity contribution in [3.05, 3.63) is 0 Å². The van der Waals surface area contributed by atoms with Gasteiger partial charge < -0.3 is 15.3 Å². The van der Waals surface area contributed by atoms with E-state index in [2.05, 4.69) is 0 Å². The fraction of sp³-hybridized carbons (Fsp3) is 0.812. The number of hydrogen-bond acceptors (Lipinski definition) is 3. The maximum Gasteiger partial charge on any atom is 0.303 e. The van der Waals surface area contributed by atoms with Crippen LogP contribution in [0.15, 0.2) is 0 Å². The average molecular weight is 310 g/mol. The molecule has 6 nitrogen and oxygen atoms in total. The van der Waals surface area contributed by atoms with E-state index in [0.717, 1.165) is 19.3 Å². The smallest absolute Gasteiger partial charge is 0.303 e. The lowest BCUT2D eigenvalue weighted by atomic mass is 9.36. The van der Waals surface area contributed by atoms with Gasteiger partial charge in [-0.2, -0.15) is 0 Å². The van der Waals surface area contributed by atoms with Crippen molar-refractivity contribution in [1.29, 1.82) is 0 Å². The molecule has 4 aliphatic carbocycles. The highest BCUT2D eigenvalue weighted by molar-refractivity contribution is 5.74. The highest BCUT2D eigenvalue weighted by Crippen LogP contribution is 2.72. The summed E-state index contributed by atoms with van der Waals surface area (Å²) in [5, 5.41) is 28.1. The van der Waals surface area contributed by atoms with Gasteiger partial charge in [-0.25, -0.2) is 0 Å². The molecule has 0 heterocycles. The van der Waals surface area contributed by atoms with E-state index in [4.69, 9.17) is 0 Å². The predicted molar refractivity (Wildman–Crippen MR) is 75.2 cm³/mol. The molecule has 0 saturated heterocycles. The second kappa shape index (κ2) is 4.96. The first kappa shape index (κ1) is 15.3. The Bertz CT molecular complexity index is 495. The molecule has 0 spiro atoms. The molecule has 2 atom stereocenters. The van der Waals surface area contributed by atoms with Gasteiger partial charge in [0.1, 0.15) is 0 Å². The molecule has 0 aromatic rings. The Hall–Kier alpha value is -1.59. The van der Waals surface area contributed by atoms with Gasteiger partial charge in [0, 0.05) is 5.41 Å². The third kappa shape index (κ3) is 2.20. The maximum absolute atomic E-state index is 11.5. The molecule has 2 unspecified atom stereocenters. The van der Waals surface area contributed by atoms with Gasteiger partial charge in [0.25, 0.3) is 0 Å². The zero-order chi connectivity index (χ0) is 16.1. The van der Waals surface area contributed by atoms with Crippen LogP contribution in [0.5, 0.6) is 0 Å². The number of hydrogen-bond donors (Lipinski definition) is 3. The Balaban J connectivity index is 2.08. The molecule has 4 saturated carbocycles. The van der Waals surface area contributed by atoms with E-state index in [1.165, 1.54) is 0 Å². The third-order valence-corrected chi connectivity index (χ3v) is 6.52. The SMILES string of the molecule is O=C(O)CC12CC3CC(CC(C3)C1(CC(=O)O)CC(=O)O)C2. The fourth-order valence-electron chi connectivity index (χ4n) is 6.25. The molecular weight excluding hydrogens is 288 g/mol. The number of rotatable bonds is 6. The van der Waals surface area contributed by atoms with Gasteiger partial charge in [0.2, 0.25) is 0 Å². The normalized spacial score (nSPS) is 37.9. The van der Waals surface area contributed by atoms with Crippen LogP contribution in [0.4, 0.5) is 0 Å². The van der Waals surface area contributed by atoms with Crippen molar-refractivity contribution in [2.45, 2.75) is 51.4 Å². The van der Waals surface area contributed by atoms with Gasteiger partial charge in [-0.15, -0.1) is 0 Å². The van der Waals surface area contributed by atoms with Crippen LogP contribution in [-0.2, 0) is 14.4 Å². The van der Waals surface area contributed by atoms with Crippen molar-refractivity contribution in [3.8, 4) is 0 Å². The second-order valence-corrected chi connectivity index (χ2v) is 7.69. The number of carboxylic acids is 3. The van der Waals surface area contributed by atoms with Crippen LogP contribution in [0.3, 0.4) is 0 Å². The van der Waals surface area contributed by atoms with Crippen LogP contribution in [0.1, 0.15) is 51.4 Å². The molecule has 122 valence electrons. The zero-order valence-corrected chi connectivity index (χ0v) is 12.5. The Morgan fingerprint density at radius 3 is 1.64 bits per heavy atom. The molecule has 4 rings (SSSR count). The molecule has 0 aromatic carbocycles. The second-order valence-electron chi connectivity index (χ2n) is 7.69. The minimum absolute atomic E-state index is 0.0327. The Morgan fingerprint density at radius 1 is 0.773 bits per heavy atom. The van der Waals surface area contributed by atoms with Crippen LogP contribution in [-0.4, -0.2) is 33.2 Å². The van der Waals surface area contributed by atoms with Crippen molar-refractivity contribution < 1.29 is 29.7 Å². The Morgan fingerprint density at radius 2 is 1.23 bits per heavy atom. The van der Waals surface area contributed by atoms with Crippen molar-refractivity contribution in [2.24, 2.45) is 28.6 Å². The van der Waals surface area contributed by atoms with Gasteiger partial charge in [0.15, 0.2) is 0 Å². The van der Waals surface area contributed by atoms with Gasteiger partial charge in [-0.1, -0.05) is 0 Å². The summed E-state index contributed by atoms with van der Waals surface area (Å²) in [4.78, 5) is 34.4. The summed E-state index contributed by atoms with van der Waals surface area (Å²) >= 11 is 0. The fourth-order valence-corrected chi connectivity index (χ4v) is 6.25. The van der Waals surface area contributed by atoms with Crippen molar-refractivity contribution in [3.63, 3.8) is 0 Å². The maximum atomic E-state index is 11.5. The van der Waals surface area contributed by atoms with Gasteiger partial charge >= 0.3 is 17.9 Å². The summed E-state index contributed by atoms with van der Waals surface area (Å²) in [5.74, 6) is -2.07. The van der Waals surface area contributed by atoms with E-state index in [1.807, 2.05) is 0 Å². The molecule has 0 aliphatic heterocycles. The first-order chi connectivity index (χ1) is 10.3. The lowest BCUT2D eigenvalue weighted by Crippen LogP contribution is -2.61. The van der Waals surface area contributed by atoms with Gasteiger partial charge in [0.05, 0.1) is 19.3 Å². The van der Waals surface area contributed by atoms with E-state index >= 15 is 0 Å². The van der Waals surface area contributed by atoms with Gasteiger partial charge in [-0.05, 0) is 55.3 Å². The monoisotopic (exact) mass is 310 g/mol. The largest absolute Gasteiger partial charge is 0.481 e. The Kier molecular flexibility index (Phi) is 3.45. The quantitative estimate of drug-likeness (QED) is 0.693. The first-order valence-corrected chi connectivity index (χ1v) is 7.92. The summed E-state index contributed by atoms with van der Waals surface area (Å²) in [5.41, 5.74) is -1.57. The van der Waals surface area contributed by atoms with Crippen LogP contribution in [0.25, 0.3) is 0 Å². The number of carboxylic acid groups (broad SMARTS) is 3. The minimum atomic E-state index is -1.02. The molecule has 0 radical (unpaired) electrons. The van der Waals surface area contributed by atoms with E-state index in [1.54, 1.807) is 0 Å². The van der Waals surface area contributed by atoms with Gasteiger partial charge in [-0.3, -0.25) is 14.4 Å². The molecule has 3 N–H and O–H groups in total. The molecule has 6 heteroatoms. The van der Waals surface area contributed by atoms with Crippen molar-refractivity contribution in [1.82, 2.24) is 0 Å². The third-order valence-electron chi connectivity index (χ3n) is 6.52. The Labute approximate surface area is 128 Å². The highest BCUT2D eigenvalue weighted by atomic mass is 16.4. The molecule has 4 fully saturated rings. The number of aliphatic carboxylic acids is 3. The summed E-state index contributed by atoms with van der Waals surface area (Å²) in [6, 6.07) is 0. The van der Waals surface area contributed by atoms with Crippen molar-refractivity contribution >= 4 is 17.9 Å². The van der Waals surface area contributed by atoms with Crippen LogP contribution < -0.4 is 0 Å². The topological polar surface area (TPSA) is 112 Å². The number of carbonyl (C=O) groups is 3. The van der Waals surface area contributed by atoms with E-state index in [-0.39, 0.29) is 25.2 Å². The van der Waals surface area contributed by atoms with Crippen LogP contribution >= 0.6 is 0 Å². The molecular formula is C16H22O6. The first-order valence-electron chi connectivity index (χ1n) is 7.92.